The molecule has 3 N–H and O–H groups in total. The summed E-state index contributed by atoms with van der Waals surface area (Å²) in [7, 11) is 0. The van der Waals surface area contributed by atoms with Gasteiger partial charge < -0.3 is 20.5 Å². The molecule has 0 bridgehead atoms. The van der Waals surface area contributed by atoms with E-state index in [0.717, 1.165) is 18.7 Å². The molecule has 1 saturated heterocycles. The molecule has 1 aromatic rings. The van der Waals surface area contributed by atoms with Gasteiger partial charge in [0.25, 0.3) is 0 Å². The van der Waals surface area contributed by atoms with Crippen molar-refractivity contribution in [2.24, 2.45) is 10.7 Å². The fourth-order valence-electron chi connectivity index (χ4n) is 1.91. The number of aliphatic hydroxyl groups is 1. The number of benzene rings is 1. The van der Waals surface area contributed by atoms with E-state index < -0.39 is 5.82 Å². The standard InChI is InChI=1S/C13H18FN3O2/c14-12-2-1-10(7-11(12)9-18)8-16-13(15)17-3-5-19-6-4-17/h1-2,7,18H,3-6,8-9H2,(H2,15,16). The molecule has 19 heavy (non-hydrogen) atoms. The second kappa shape index (κ2) is 6.49. The van der Waals surface area contributed by atoms with Gasteiger partial charge in [0.05, 0.1) is 26.4 Å². The molecule has 0 aliphatic carbocycles. The second-order valence-electron chi connectivity index (χ2n) is 4.36. The van der Waals surface area contributed by atoms with Gasteiger partial charge in [-0.05, 0) is 17.7 Å². The van der Waals surface area contributed by atoms with Gasteiger partial charge in [-0.25, -0.2) is 9.38 Å². The highest BCUT2D eigenvalue weighted by molar-refractivity contribution is 5.78. The van der Waals surface area contributed by atoms with Crippen molar-refractivity contribution in [3.63, 3.8) is 0 Å². The van der Waals surface area contributed by atoms with Gasteiger partial charge in [-0.15, -0.1) is 0 Å². The largest absolute Gasteiger partial charge is 0.392 e. The van der Waals surface area contributed by atoms with Crippen LogP contribution in [-0.2, 0) is 17.9 Å². The molecule has 2 rings (SSSR count). The van der Waals surface area contributed by atoms with Gasteiger partial charge in [-0.3, -0.25) is 0 Å². The van der Waals surface area contributed by atoms with E-state index in [-0.39, 0.29) is 12.2 Å². The lowest BCUT2D eigenvalue weighted by atomic mass is 10.1. The third-order valence-corrected chi connectivity index (χ3v) is 3.04. The summed E-state index contributed by atoms with van der Waals surface area (Å²) in [6.45, 7) is 2.84. The van der Waals surface area contributed by atoms with Crippen LogP contribution in [0.1, 0.15) is 11.1 Å². The predicted octanol–water partition coefficient (Wildman–Crippen LogP) is 0.465. The minimum absolute atomic E-state index is 0.276. The van der Waals surface area contributed by atoms with Gasteiger partial charge >= 0.3 is 0 Å². The minimum atomic E-state index is -0.406. The average Bonchev–Trinajstić information content (AvgIpc) is 2.47. The van der Waals surface area contributed by atoms with Crippen LogP contribution in [0.4, 0.5) is 4.39 Å². The molecule has 104 valence electrons. The van der Waals surface area contributed by atoms with Crippen molar-refractivity contribution in [1.29, 1.82) is 0 Å². The smallest absolute Gasteiger partial charge is 0.191 e. The lowest BCUT2D eigenvalue weighted by Gasteiger charge is -2.27. The molecular formula is C13H18FN3O2. The van der Waals surface area contributed by atoms with E-state index in [1.54, 1.807) is 12.1 Å². The summed E-state index contributed by atoms with van der Waals surface area (Å²) in [4.78, 5) is 6.24. The van der Waals surface area contributed by atoms with E-state index in [1.807, 2.05) is 4.90 Å². The number of hydrogen-bond acceptors (Lipinski definition) is 3. The van der Waals surface area contributed by atoms with Crippen LogP contribution >= 0.6 is 0 Å². The van der Waals surface area contributed by atoms with Crippen LogP contribution in [0.2, 0.25) is 0 Å². The number of halogens is 1. The molecule has 1 aromatic carbocycles. The van der Waals surface area contributed by atoms with Crippen molar-refractivity contribution in [3.05, 3.63) is 35.1 Å². The Hall–Kier alpha value is -1.66. The van der Waals surface area contributed by atoms with Crippen molar-refractivity contribution < 1.29 is 14.2 Å². The van der Waals surface area contributed by atoms with Crippen molar-refractivity contribution in [2.45, 2.75) is 13.2 Å². The third-order valence-electron chi connectivity index (χ3n) is 3.04. The summed E-state index contributed by atoms with van der Waals surface area (Å²) in [5, 5.41) is 9.00. The zero-order valence-corrected chi connectivity index (χ0v) is 10.7. The minimum Gasteiger partial charge on any atom is -0.392 e. The zero-order valence-electron chi connectivity index (χ0n) is 10.7. The van der Waals surface area contributed by atoms with Crippen molar-refractivity contribution in [3.8, 4) is 0 Å². The number of nitrogens with zero attached hydrogens (tertiary/aromatic N) is 2. The van der Waals surface area contributed by atoms with Crippen LogP contribution in [0.25, 0.3) is 0 Å². The molecule has 1 heterocycles. The molecule has 0 aromatic heterocycles. The molecule has 5 nitrogen and oxygen atoms in total. The maximum Gasteiger partial charge on any atom is 0.191 e. The number of aliphatic imine (C=N–C) groups is 1. The van der Waals surface area contributed by atoms with Gasteiger partial charge in [-0.2, -0.15) is 0 Å². The molecule has 1 aliphatic rings. The summed E-state index contributed by atoms with van der Waals surface area (Å²) in [5.41, 5.74) is 6.99. The SMILES string of the molecule is NC(=NCc1ccc(F)c(CO)c1)N1CCOCC1. The van der Waals surface area contributed by atoms with E-state index in [1.165, 1.54) is 6.07 Å². The highest BCUT2D eigenvalue weighted by atomic mass is 19.1. The normalized spacial score (nSPS) is 16.7. The molecule has 0 radical (unpaired) electrons. The topological polar surface area (TPSA) is 71.1 Å². The van der Waals surface area contributed by atoms with Crippen LogP contribution in [0.5, 0.6) is 0 Å². The van der Waals surface area contributed by atoms with Gasteiger partial charge in [0.2, 0.25) is 0 Å². The van der Waals surface area contributed by atoms with E-state index in [2.05, 4.69) is 4.99 Å². The Bertz CT molecular complexity index is 459. The fourth-order valence-corrected chi connectivity index (χ4v) is 1.91. The fraction of sp³-hybridized carbons (Fsp3) is 0.462. The third kappa shape index (κ3) is 3.65. The van der Waals surface area contributed by atoms with Crippen molar-refractivity contribution in [1.82, 2.24) is 4.90 Å². The highest BCUT2D eigenvalue weighted by Gasteiger charge is 2.12. The van der Waals surface area contributed by atoms with Gasteiger partial charge in [0.1, 0.15) is 5.82 Å². The molecule has 6 heteroatoms. The van der Waals surface area contributed by atoms with Crippen molar-refractivity contribution >= 4 is 5.96 Å². The number of guanidine groups is 1. The second-order valence-corrected chi connectivity index (χ2v) is 4.36. The first kappa shape index (κ1) is 13.8. The van der Waals surface area contributed by atoms with E-state index in [9.17, 15) is 4.39 Å². The number of rotatable bonds is 3. The maximum absolute atomic E-state index is 13.2. The monoisotopic (exact) mass is 267 g/mol. The van der Waals surface area contributed by atoms with Crippen molar-refractivity contribution in [2.75, 3.05) is 26.3 Å². The number of nitrogens with two attached hydrogens (primary N) is 1. The molecule has 0 spiro atoms. The molecule has 0 amide bonds. The number of aliphatic hydroxyl groups excluding tert-OH is 1. The first-order chi connectivity index (χ1) is 9.20. The Morgan fingerprint density at radius 1 is 1.42 bits per heavy atom. The van der Waals surface area contributed by atoms with Gasteiger partial charge in [0.15, 0.2) is 5.96 Å². The van der Waals surface area contributed by atoms with Gasteiger partial charge in [-0.1, -0.05) is 6.07 Å². The highest BCUT2D eigenvalue weighted by Crippen LogP contribution is 2.11. The lowest BCUT2D eigenvalue weighted by molar-refractivity contribution is 0.0674. The van der Waals surface area contributed by atoms with Crippen LogP contribution in [0.3, 0.4) is 0 Å². The predicted molar refractivity (Wildman–Crippen MR) is 70.0 cm³/mol. The molecule has 1 fully saturated rings. The van der Waals surface area contributed by atoms with Crippen LogP contribution in [0.15, 0.2) is 23.2 Å². The summed E-state index contributed by atoms with van der Waals surface area (Å²) in [6.07, 6.45) is 0. The molecular weight excluding hydrogens is 249 g/mol. The summed E-state index contributed by atoms with van der Waals surface area (Å²) < 4.78 is 18.5. The summed E-state index contributed by atoms with van der Waals surface area (Å²) in [5.74, 6) is 0.0644. The maximum atomic E-state index is 13.2. The Morgan fingerprint density at radius 3 is 2.84 bits per heavy atom. The lowest BCUT2D eigenvalue weighted by Crippen LogP contribution is -2.44. The van der Waals surface area contributed by atoms with Crippen LogP contribution in [-0.4, -0.2) is 42.3 Å². The zero-order chi connectivity index (χ0) is 13.7. The Kier molecular flexibility index (Phi) is 4.70. The molecule has 0 saturated carbocycles. The van der Waals surface area contributed by atoms with E-state index in [0.29, 0.717) is 25.7 Å². The molecule has 0 unspecified atom stereocenters. The molecule has 1 aliphatic heterocycles. The average molecular weight is 267 g/mol. The number of morpholine rings is 1. The van der Waals surface area contributed by atoms with E-state index in [4.69, 9.17) is 15.6 Å². The summed E-state index contributed by atoms with van der Waals surface area (Å²) >= 11 is 0. The Morgan fingerprint density at radius 2 is 2.16 bits per heavy atom. The summed E-state index contributed by atoms with van der Waals surface area (Å²) in [6, 6.07) is 4.58. The number of hydrogen-bond donors (Lipinski definition) is 2. The van der Waals surface area contributed by atoms with Crippen LogP contribution in [0, 0.1) is 5.82 Å². The Labute approximate surface area is 111 Å². The van der Waals surface area contributed by atoms with E-state index >= 15 is 0 Å². The first-order valence-corrected chi connectivity index (χ1v) is 6.21. The molecule has 0 atom stereocenters. The first-order valence-electron chi connectivity index (χ1n) is 6.21. The Balaban J connectivity index is 2.00. The quantitative estimate of drug-likeness (QED) is 0.617. The van der Waals surface area contributed by atoms with Gasteiger partial charge in [0, 0.05) is 18.7 Å². The number of ether oxygens (including phenoxy) is 1. The van der Waals surface area contributed by atoms with Crippen LogP contribution < -0.4 is 5.73 Å².